The van der Waals surface area contributed by atoms with E-state index in [9.17, 15) is 4.79 Å². The number of carbonyl (C=O) groups is 1. The Bertz CT molecular complexity index is 369. The molecule has 1 amide bonds. The lowest BCUT2D eigenvalue weighted by atomic mass is 10.3. The molecule has 1 aromatic carbocycles. The van der Waals surface area contributed by atoms with Gasteiger partial charge in [-0.25, -0.2) is 0 Å². The zero-order valence-electron chi connectivity index (χ0n) is 7.48. The molecule has 1 heterocycles. The highest BCUT2D eigenvalue weighted by molar-refractivity contribution is 7.80. The van der Waals surface area contributed by atoms with Crippen LogP contribution in [0, 0.1) is 0 Å². The van der Waals surface area contributed by atoms with Crippen LogP contribution in [0.25, 0.3) is 0 Å². The number of para-hydroxylation sites is 1. The van der Waals surface area contributed by atoms with Crippen molar-refractivity contribution in [1.82, 2.24) is 0 Å². The predicted molar refractivity (Wildman–Crippen MR) is 60.3 cm³/mol. The molecule has 1 aliphatic rings. The Balaban J connectivity index is 2.32. The second-order valence-corrected chi connectivity index (χ2v) is 4.39. The number of nitrogens with zero attached hydrogens (tertiary/aromatic N) is 1. The van der Waals surface area contributed by atoms with Crippen LogP contribution in [0.4, 0.5) is 5.69 Å². The molecule has 0 N–H and O–H groups in total. The van der Waals surface area contributed by atoms with Gasteiger partial charge in [-0.3, -0.25) is 4.79 Å². The van der Waals surface area contributed by atoms with Gasteiger partial charge in [-0.2, -0.15) is 0 Å². The fraction of sp³-hybridized carbons (Fsp3) is 0.300. The minimum atomic E-state index is -0.0737. The van der Waals surface area contributed by atoms with Gasteiger partial charge < -0.3 is 4.90 Å². The molecule has 1 fully saturated rings. The zero-order chi connectivity index (χ0) is 10.1. The maximum atomic E-state index is 11.5. The maximum Gasteiger partial charge on any atom is 0.228 e. The van der Waals surface area contributed by atoms with Crippen LogP contribution in [-0.4, -0.2) is 17.8 Å². The number of hydrogen-bond donors (Lipinski definition) is 1. The van der Waals surface area contributed by atoms with Gasteiger partial charge >= 0.3 is 0 Å². The SMILES string of the molecule is O=C1CC(Cl)CN1c1ccccc1S. The number of rotatable bonds is 1. The summed E-state index contributed by atoms with van der Waals surface area (Å²) in [5.41, 5.74) is 0.851. The van der Waals surface area contributed by atoms with E-state index in [1.165, 1.54) is 0 Å². The van der Waals surface area contributed by atoms with Gasteiger partial charge in [0, 0.05) is 17.9 Å². The van der Waals surface area contributed by atoms with Crippen molar-refractivity contribution in [2.45, 2.75) is 16.7 Å². The van der Waals surface area contributed by atoms with E-state index < -0.39 is 0 Å². The minimum Gasteiger partial charge on any atom is -0.310 e. The van der Waals surface area contributed by atoms with E-state index in [1.807, 2.05) is 24.3 Å². The number of thiol groups is 1. The lowest BCUT2D eigenvalue weighted by molar-refractivity contribution is -0.117. The molecule has 14 heavy (non-hydrogen) atoms. The summed E-state index contributed by atoms with van der Waals surface area (Å²) in [5.74, 6) is 0.0755. The van der Waals surface area contributed by atoms with E-state index in [2.05, 4.69) is 12.6 Å². The monoisotopic (exact) mass is 227 g/mol. The molecule has 0 saturated carbocycles. The molecule has 1 saturated heterocycles. The summed E-state index contributed by atoms with van der Waals surface area (Å²) in [4.78, 5) is 14.1. The molecule has 1 aromatic rings. The van der Waals surface area contributed by atoms with Crippen LogP contribution >= 0.6 is 24.2 Å². The second kappa shape index (κ2) is 3.83. The molecule has 4 heteroatoms. The number of alkyl halides is 1. The van der Waals surface area contributed by atoms with Crippen LogP contribution in [0.2, 0.25) is 0 Å². The number of carbonyl (C=O) groups excluding carboxylic acids is 1. The standard InChI is InChI=1S/C10H10ClNOS/c11-7-5-10(13)12(6-7)8-3-1-2-4-9(8)14/h1-4,7,14H,5-6H2. The topological polar surface area (TPSA) is 20.3 Å². The zero-order valence-corrected chi connectivity index (χ0v) is 9.13. The highest BCUT2D eigenvalue weighted by atomic mass is 35.5. The smallest absolute Gasteiger partial charge is 0.228 e. The third-order valence-corrected chi connectivity index (χ3v) is 2.92. The molecule has 1 unspecified atom stereocenters. The van der Waals surface area contributed by atoms with E-state index in [1.54, 1.807) is 4.90 Å². The molecule has 74 valence electrons. The molecule has 1 atom stereocenters. The van der Waals surface area contributed by atoms with Crippen molar-refractivity contribution in [1.29, 1.82) is 0 Å². The summed E-state index contributed by atoms with van der Waals surface area (Å²) in [5, 5.41) is -0.0737. The summed E-state index contributed by atoms with van der Waals surface area (Å²) in [6.07, 6.45) is 0.420. The summed E-state index contributed by atoms with van der Waals surface area (Å²) in [6.45, 7) is 0.581. The fourth-order valence-electron chi connectivity index (χ4n) is 1.59. The van der Waals surface area contributed by atoms with Crippen molar-refractivity contribution in [2.75, 3.05) is 11.4 Å². The van der Waals surface area contributed by atoms with E-state index in [0.29, 0.717) is 13.0 Å². The lowest BCUT2D eigenvalue weighted by Gasteiger charge is -2.17. The number of halogens is 1. The van der Waals surface area contributed by atoms with Crippen LogP contribution < -0.4 is 4.90 Å². The number of hydrogen-bond acceptors (Lipinski definition) is 2. The molecule has 0 aliphatic carbocycles. The quantitative estimate of drug-likeness (QED) is 0.577. The third-order valence-electron chi connectivity index (χ3n) is 2.25. The average molecular weight is 228 g/mol. The Hall–Kier alpha value is -0.670. The first-order chi connectivity index (χ1) is 6.68. The summed E-state index contributed by atoms with van der Waals surface area (Å²) in [7, 11) is 0. The van der Waals surface area contributed by atoms with Crippen molar-refractivity contribution in [2.24, 2.45) is 0 Å². The molecule has 2 nitrogen and oxygen atoms in total. The minimum absolute atomic E-state index is 0.0737. The van der Waals surface area contributed by atoms with Gasteiger partial charge in [-0.15, -0.1) is 24.2 Å². The lowest BCUT2D eigenvalue weighted by Crippen LogP contribution is -2.24. The van der Waals surface area contributed by atoms with E-state index >= 15 is 0 Å². The van der Waals surface area contributed by atoms with E-state index in [4.69, 9.17) is 11.6 Å². The van der Waals surface area contributed by atoms with Crippen LogP contribution in [-0.2, 0) is 4.79 Å². The van der Waals surface area contributed by atoms with Gasteiger partial charge in [-0.1, -0.05) is 12.1 Å². The van der Waals surface area contributed by atoms with Crippen LogP contribution in [0.5, 0.6) is 0 Å². The largest absolute Gasteiger partial charge is 0.310 e. The van der Waals surface area contributed by atoms with Crippen molar-refractivity contribution < 1.29 is 4.79 Å². The molecular formula is C10H10ClNOS. The van der Waals surface area contributed by atoms with E-state index in [-0.39, 0.29) is 11.3 Å². The summed E-state index contributed by atoms with van der Waals surface area (Å²) >= 11 is 10.2. The third kappa shape index (κ3) is 1.74. The number of anilines is 1. The van der Waals surface area contributed by atoms with Crippen molar-refractivity contribution in [3.63, 3.8) is 0 Å². The predicted octanol–water partition coefficient (Wildman–Crippen LogP) is 2.32. The maximum absolute atomic E-state index is 11.5. The first-order valence-electron chi connectivity index (χ1n) is 4.41. The molecule has 0 spiro atoms. The first-order valence-corrected chi connectivity index (χ1v) is 5.29. The Labute approximate surface area is 93.3 Å². The van der Waals surface area contributed by atoms with Crippen LogP contribution in [0.1, 0.15) is 6.42 Å². The average Bonchev–Trinajstić information content (AvgIpc) is 2.46. The Kier molecular flexibility index (Phi) is 2.70. The molecular weight excluding hydrogens is 218 g/mol. The van der Waals surface area contributed by atoms with Gasteiger partial charge in [0.25, 0.3) is 0 Å². The van der Waals surface area contributed by atoms with Crippen LogP contribution in [0.15, 0.2) is 29.2 Å². The molecule has 1 aliphatic heterocycles. The first kappa shape index (κ1) is 9.87. The van der Waals surface area contributed by atoms with Gasteiger partial charge in [0.15, 0.2) is 0 Å². The van der Waals surface area contributed by atoms with Crippen molar-refractivity contribution >= 4 is 35.8 Å². The van der Waals surface area contributed by atoms with Gasteiger partial charge in [-0.05, 0) is 12.1 Å². The Morgan fingerprint density at radius 2 is 2.14 bits per heavy atom. The highest BCUT2D eigenvalue weighted by Gasteiger charge is 2.29. The van der Waals surface area contributed by atoms with Gasteiger partial charge in [0.1, 0.15) is 0 Å². The normalized spacial score (nSPS) is 21.7. The van der Waals surface area contributed by atoms with Gasteiger partial charge in [0.2, 0.25) is 5.91 Å². The van der Waals surface area contributed by atoms with Crippen LogP contribution in [0.3, 0.4) is 0 Å². The Morgan fingerprint density at radius 1 is 1.43 bits per heavy atom. The van der Waals surface area contributed by atoms with Crippen molar-refractivity contribution in [3.8, 4) is 0 Å². The molecule has 2 rings (SSSR count). The molecule has 0 radical (unpaired) electrons. The second-order valence-electron chi connectivity index (χ2n) is 3.29. The molecule has 0 aromatic heterocycles. The van der Waals surface area contributed by atoms with Crippen molar-refractivity contribution in [3.05, 3.63) is 24.3 Å². The molecule has 0 bridgehead atoms. The fourth-order valence-corrected chi connectivity index (χ4v) is 2.14. The Morgan fingerprint density at radius 3 is 2.71 bits per heavy atom. The number of amides is 1. The van der Waals surface area contributed by atoms with E-state index in [0.717, 1.165) is 10.6 Å². The summed E-state index contributed by atoms with van der Waals surface area (Å²) < 4.78 is 0. The summed E-state index contributed by atoms with van der Waals surface area (Å²) in [6, 6.07) is 7.54. The number of benzene rings is 1. The highest BCUT2D eigenvalue weighted by Crippen LogP contribution is 2.29. The van der Waals surface area contributed by atoms with Gasteiger partial charge in [0.05, 0.1) is 11.1 Å².